The number of fused-ring (bicyclic) bond motifs is 1. The molecule has 0 spiro atoms. The van der Waals surface area contributed by atoms with E-state index >= 15 is 0 Å². The average Bonchev–Trinajstić information content (AvgIpc) is 2.78. The van der Waals surface area contributed by atoms with E-state index in [0.717, 1.165) is 48.1 Å². The number of sulfone groups is 1. The molecule has 1 aliphatic heterocycles. The standard InChI is InChI=1S/C25H28N4O3S/c1-18(30)17-29-13-10-19(11-14-29)3-8-24-23-15-25(27-16-20(23)9-12-26-24)28-21-4-6-22(7-5-21)33(2,31)32/h4-7,9,12,15-16,18-19,30H,10-11,13-14,17H2,1-2H3,(H,27,28). The fourth-order valence-electron chi connectivity index (χ4n) is 3.97. The molecule has 2 aromatic heterocycles. The van der Waals surface area contributed by atoms with Crippen molar-refractivity contribution in [3.63, 3.8) is 0 Å². The van der Waals surface area contributed by atoms with E-state index in [4.69, 9.17) is 0 Å². The van der Waals surface area contributed by atoms with Gasteiger partial charge >= 0.3 is 0 Å². The number of anilines is 2. The van der Waals surface area contributed by atoms with E-state index in [1.807, 2.05) is 19.1 Å². The lowest BCUT2D eigenvalue weighted by Crippen LogP contribution is -2.37. The van der Waals surface area contributed by atoms with Gasteiger partial charge in [0.2, 0.25) is 0 Å². The largest absolute Gasteiger partial charge is 0.392 e. The summed E-state index contributed by atoms with van der Waals surface area (Å²) in [6.45, 7) is 4.43. The third-order valence-electron chi connectivity index (χ3n) is 5.71. The van der Waals surface area contributed by atoms with Gasteiger partial charge in [-0.25, -0.2) is 18.4 Å². The van der Waals surface area contributed by atoms with E-state index < -0.39 is 9.84 Å². The Hall–Kier alpha value is -2.99. The van der Waals surface area contributed by atoms with Crippen molar-refractivity contribution >= 4 is 32.1 Å². The quantitative estimate of drug-likeness (QED) is 0.560. The van der Waals surface area contributed by atoms with E-state index in [-0.39, 0.29) is 11.0 Å². The van der Waals surface area contributed by atoms with Crippen molar-refractivity contribution in [3.05, 3.63) is 54.5 Å². The van der Waals surface area contributed by atoms with Gasteiger partial charge in [-0.05, 0) is 75.2 Å². The van der Waals surface area contributed by atoms with Crippen LogP contribution in [0.25, 0.3) is 10.8 Å². The van der Waals surface area contributed by atoms with Crippen LogP contribution in [0.15, 0.2) is 53.7 Å². The lowest BCUT2D eigenvalue weighted by molar-refractivity contribution is 0.107. The second kappa shape index (κ2) is 9.87. The molecular weight excluding hydrogens is 436 g/mol. The zero-order valence-corrected chi connectivity index (χ0v) is 19.6. The number of aromatic nitrogens is 2. The number of nitrogens with one attached hydrogen (secondary N) is 1. The van der Waals surface area contributed by atoms with Gasteiger partial charge in [0, 0.05) is 47.6 Å². The van der Waals surface area contributed by atoms with Gasteiger partial charge in [0.05, 0.1) is 11.0 Å². The van der Waals surface area contributed by atoms with Crippen LogP contribution in [0.4, 0.5) is 11.5 Å². The molecule has 0 saturated carbocycles. The third kappa shape index (κ3) is 6.08. The number of hydrogen-bond acceptors (Lipinski definition) is 7. The minimum absolute atomic E-state index is 0.276. The highest BCUT2D eigenvalue weighted by Crippen LogP contribution is 2.23. The molecule has 0 amide bonds. The van der Waals surface area contributed by atoms with Gasteiger partial charge in [0.15, 0.2) is 9.84 Å². The molecule has 0 radical (unpaired) electrons. The van der Waals surface area contributed by atoms with Crippen LogP contribution in [0.1, 0.15) is 25.5 Å². The molecule has 172 valence electrons. The Morgan fingerprint density at radius 1 is 1.18 bits per heavy atom. The number of β-amino-alcohol motifs (C(OH)–C–C–N with tert-alkyl or cyclic N) is 1. The summed E-state index contributed by atoms with van der Waals surface area (Å²) < 4.78 is 23.3. The van der Waals surface area contributed by atoms with E-state index in [1.54, 1.807) is 36.7 Å². The van der Waals surface area contributed by atoms with Crippen LogP contribution in [-0.2, 0) is 9.84 Å². The van der Waals surface area contributed by atoms with E-state index in [0.29, 0.717) is 18.3 Å². The van der Waals surface area contributed by atoms with Crippen LogP contribution in [0.3, 0.4) is 0 Å². The SMILES string of the molecule is CC(O)CN1CCC(C#Cc2nccc3cnc(Nc4ccc(S(C)(=O)=O)cc4)cc23)CC1. The van der Waals surface area contributed by atoms with Crippen LogP contribution >= 0.6 is 0 Å². The normalized spacial score (nSPS) is 16.2. The zero-order valence-electron chi connectivity index (χ0n) is 18.8. The first kappa shape index (κ1) is 23.2. The molecule has 1 aromatic carbocycles. The molecule has 0 aliphatic carbocycles. The van der Waals surface area contributed by atoms with Crippen molar-refractivity contribution < 1.29 is 13.5 Å². The summed E-state index contributed by atoms with van der Waals surface area (Å²) in [7, 11) is -3.23. The van der Waals surface area contributed by atoms with Gasteiger partial charge in [-0.2, -0.15) is 0 Å². The number of aliphatic hydroxyl groups excluding tert-OH is 1. The molecule has 0 bridgehead atoms. The topological polar surface area (TPSA) is 95.4 Å². The molecule has 7 nitrogen and oxygen atoms in total. The van der Waals surface area contributed by atoms with Gasteiger partial charge in [0.1, 0.15) is 11.5 Å². The Morgan fingerprint density at radius 3 is 2.58 bits per heavy atom. The van der Waals surface area contributed by atoms with Gasteiger partial charge < -0.3 is 15.3 Å². The number of benzene rings is 1. The number of aliphatic hydroxyl groups is 1. The Morgan fingerprint density at radius 2 is 1.91 bits per heavy atom. The molecule has 8 heteroatoms. The smallest absolute Gasteiger partial charge is 0.175 e. The Bertz CT molecular complexity index is 1290. The van der Waals surface area contributed by atoms with Gasteiger partial charge in [0.25, 0.3) is 0 Å². The number of likely N-dealkylation sites (tertiary alicyclic amines) is 1. The van der Waals surface area contributed by atoms with Crippen LogP contribution in [0.5, 0.6) is 0 Å². The molecule has 3 aromatic rings. The second-order valence-corrected chi connectivity index (χ2v) is 10.6. The molecule has 1 fully saturated rings. The van der Waals surface area contributed by atoms with Gasteiger partial charge in [-0.15, -0.1) is 0 Å². The maximum atomic E-state index is 11.7. The fourth-order valence-corrected chi connectivity index (χ4v) is 4.60. The van der Waals surface area contributed by atoms with Crippen LogP contribution in [0.2, 0.25) is 0 Å². The molecule has 4 rings (SSSR count). The molecule has 1 atom stereocenters. The molecule has 1 unspecified atom stereocenters. The monoisotopic (exact) mass is 464 g/mol. The van der Waals surface area contributed by atoms with Crippen LogP contribution in [-0.4, -0.2) is 60.4 Å². The second-order valence-electron chi connectivity index (χ2n) is 8.57. The number of nitrogens with zero attached hydrogens (tertiary/aromatic N) is 3. The summed E-state index contributed by atoms with van der Waals surface area (Å²) in [6, 6.07) is 10.4. The third-order valence-corrected chi connectivity index (χ3v) is 6.84. The Kier molecular flexibility index (Phi) is 6.94. The molecule has 33 heavy (non-hydrogen) atoms. The van der Waals surface area contributed by atoms with E-state index in [2.05, 4.69) is 32.0 Å². The van der Waals surface area contributed by atoms with Crippen molar-refractivity contribution in [2.24, 2.45) is 5.92 Å². The first-order valence-corrected chi connectivity index (χ1v) is 12.9. The van der Waals surface area contributed by atoms with Crippen molar-refractivity contribution in [3.8, 4) is 11.8 Å². The minimum Gasteiger partial charge on any atom is -0.392 e. The lowest BCUT2D eigenvalue weighted by atomic mass is 9.97. The van der Waals surface area contributed by atoms with Crippen molar-refractivity contribution in [2.45, 2.75) is 30.8 Å². The zero-order chi connectivity index (χ0) is 23.4. The predicted molar refractivity (Wildman–Crippen MR) is 130 cm³/mol. The maximum Gasteiger partial charge on any atom is 0.175 e. The minimum atomic E-state index is -3.23. The Balaban J connectivity index is 1.51. The predicted octanol–water partition coefficient (Wildman–Crippen LogP) is 3.22. The summed E-state index contributed by atoms with van der Waals surface area (Å²) in [5, 5.41) is 14.7. The summed E-state index contributed by atoms with van der Waals surface area (Å²) in [4.78, 5) is 11.5. The van der Waals surface area contributed by atoms with E-state index in [1.165, 1.54) is 6.26 Å². The van der Waals surface area contributed by atoms with Crippen LogP contribution < -0.4 is 5.32 Å². The Labute approximate surface area is 194 Å². The first-order valence-electron chi connectivity index (χ1n) is 11.0. The highest BCUT2D eigenvalue weighted by molar-refractivity contribution is 7.90. The van der Waals surface area contributed by atoms with Crippen molar-refractivity contribution in [2.75, 3.05) is 31.2 Å². The first-order chi connectivity index (χ1) is 15.8. The number of rotatable bonds is 5. The lowest BCUT2D eigenvalue weighted by Gasteiger charge is -2.30. The molecule has 2 N–H and O–H groups in total. The average molecular weight is 465 g/mol. The number of pyridine rings is 2. The van der Waals surface area contributed by atoms with E-state index in [9.17, 15) is 13.5 Å². The fraction of sp³-hybridized carbons (Fsp3) is 0.360. The summed E-state index contributed by atoms with van der Waals surface area (Å²) in [5.41, 5.74) is 1.46. The summed E-state index contributed by atoms with van der Waals surface area (Å²) >= 11 is 0. The summed E-state index contributed by atoms with van der Waals surface area (Å²) in [5.74, 6) is 7.63. The highest BCUT2D eigenvalue weighted by atomic mass is 32.2. The molecular formula is C25H28N4O3S. The summed E-state index contributed by atoms with van der Waals surface area (Å²) in [6.07, 6.45) is 6.39. The maximum absolute atomic E-state index is 11.7. The number of hydrogen-bond donors (Lipinski definition) is 2. The highest BCUT2D eigenvalue weighted by Gasteiger charge is 2.18. The van der Waals surface area contributed by atoms with Crippen molar-refractivity contribution in [1.29, 1.82) is 0 Å². The molecule has 1 aliphatic rings. The molecule has 3 heterocycles. The van der Waals surface area contributed by atoms with Crippen LogP contribution in [0, 0.1) is 17.8 Å². The van der Waals surface area contributed by atoms with Gasteiger partial charge in [-0.1, -0.05) is 5.92 Å². The van der Waals surface area contributed by atoms with Gasteiger partial charge in [-0.3, -0.25) is 0 Å². The van der Waals surface area contributed by atoms with Crippen molar-refractivity contribution in [1.82, 2.24) is 14.9 Å². The molecule has 1 saturated heterocycles. The number of piperidine rings is 1.